The van der Waals surface area contributed by atoms with Crippen molar-refractivity contribution in [3.8, 4) is 0 Å². The van der Waals surface area contributed by atoms with Gasteiger partial charge in [-0.1, -0.05) is 13.8 Å². The van der Waals surface area contributed by atoms with Crippen LogP contribution in [0.5, 0.6) is 0 Å². The summed E-state index contributed by atoms with van der Waals surface area (Å²) >= 11 is 4.06. The van der Waals surface area contributed by atoms with Crippen molar-refractivity contribution in [1.82, 2.24) is 5.32 Å². The first-order chi connectivity index (χ1) is 7.61. The van der Waals surface area contributed by atoms with E-state index in [0.29, 0.717) is 5.41 Å². The van der Waals surface area contributed by atoms with Gasteiger partial charge in [0.1, 0.15) is 0 Å². The smallest absolute Gasteiger partial charge is 0.0542 e. The fourth-order valence-corrected chi connectivity index (χ4v) is 5.62. The molecule has 0 saturated carbocycles. The van der Waals surface area contributed by atoms with E-state index in [1.165, 1.54) is 24.3 Å². The largest absolute Gasteiger partial charge is 0.306 e. The van der Waals surface area contributed by atoms with Gasteiger partial charge < -0.3 is 5.32 Å². The highest BCUT2D eigenvalue weighted by Crippen LogP contribution is 2.47. The highest BCUT2D eigenvalue weighted by atomic mass is 32.2. The third kappa shape index (κ3) is 1.73. The number of hydrogen-bond donors (Lipinski definition) is 1. The third-order valence-corrected chi connectivity index (χ3v) is 6.36. The molecule has 3 rings (SSSR count). The maximum atomic E-state index is 3.82. The molecule has 2 aliphatic heterocycles. The molecule has 0 amide bonds. The van der Waals surface area contributed by atoms with Crippen LogP contribution in [0.2, 0.25) is 0 Å². The van der Waals surface area contributed by atoms with Crippen molar-refractivity contribution in [2.45, 2.75) is 32.2 Å². The zero-order chi connectivity index (χ0) is 11.2. The summed E-state index contributed by atoms with van der Waals surface area (Å²) in [6.07, 6.45) is 2.51. The van der Waals surface area contributed by atoms with Crippen molar-refractivity contribution in [2.24, 2.45) is 5.41 Å². The van der Waals surface area contributed by atoms with E-state index in [2.05, 4.69) is 42.4 Å². The van der Waals surface area contributed by atoms with Crippen molar-refractivity contribution in [3.63, 3.8) is 0 Å². The molecule has 1 aromatic rings. The van der Waals surface area contributed by atoms with E-state index < -0.39 is 0 Å². The van der Waals surface area contributed by atoms with Crippen LogP contribution in [0, 0.1) is 5.41 Å². The summed E-state index contributed by atoms with van der Waals surface area (Å²) in [6.45, 7) is 5.97. The Balaban J connectivity index is 2.00. The van der Waals surface area contributed by atoms with Crippen LogP contribution in [-0.2, 0) is 12.0 Å². The average Bonchev–Trinajstić information content (AvgIpc) is 2.65. The summed E-state index contributed by atoms with van der Waals surface area (Å²) in [4.78, 5) is 1.62. The second-order valence-corrected chi connectivity index (χ2v) is 7.84. The van der Waals surface area contributed by atoms with Crippen LogP contribution in [0.25, 0.3) is 0 Å². The van der Waals surface area contributed by atoms with Gasteiger partial charge in [-0.25, -0.2) is 0 Å². The lowest BCUT2D eigenvalue weighted by Gasteiger charge is -2.47. The number of nitrogens with one attached hydrogen (secondary N) is 1. The van der Waals surface area contributed by atoms with Gasteiger partial charge >= 0.3 is 0 Å². The first-order valence-corrected chi connectivity index (χ1v) is 8.04. The Morgan fingerprint density at radius 2 is 2.19 bits per heavy atom. The highest BCUT2D eigenvalue weighted by molar-refractivity contribution is 7.99. The molecule has 0 aliphatic carbocycles. The summed E-state index contributed by atoms with van der Waals surface area (Å²) in [5.74, 6) is 2.55. The molecule has 3 heteroatoms. The monoisotopic (exact) mass is 253 g/mol. The first kappa shape index (κ1) is 11.1. The maximum Gasteiger partial charge on any atom is 0.0542 e. The Morgan fingerprint density at radius 3 is 3.00 bits per heavy atom. The van der Waals surface area contributed by atoms with E-state index in [0.717, 1.165) is 6.54 Å². The molecule has 1 unspecified atom stereocenters. The number of rotatable bonds is 0. The molecular formula is C13H19NS2. The van der Waals surface area contributed by atoms with Crippen LogP contribution >= 0.6 is 23.1 Å². The zero-order valence-electron chi connectivity index (χ0n) is 10.0. The second kappa shape index (κ2) is 3.76. The van der Waals surface area contributed by atoms with Crippen LogP contribution in [-0.4, -0.2) is 18.1 Å². The van der Waals surface area contributed by atoms with E-state index in [9.17, 15) is 0 Å². The predicted molar refractivity (Wildman–Crippen MR) is 73.4 cm³/mol. The van der Waals surface area contributed by atoms with Gasteiger partial charge in [-0.2, -0.15) is 11.8 Å². The van der Waals surface area contributed by atoms with Gasteiger partial charge in [-0.15, -0.1) is 11.3 Å². The molecule has 1 aromatic heterocycles. The van der Waals surface area contributed by atoms with Gasteiger partial charge in [0, 0.05) is 17.2 Å². The summed E-state index contributed by atoms with van der Waals surface area (Å²) < 4.78 is 0. The Kier molecular flexibility index (Phi) is 2.61. The molecule has 3 heterocycles. The minimum absolute atomic E-state index is 0.278. The van der Waals surface area contributed by atoms with Crippen LogP contribution in [0.1, 0.15) is 30.7 Å². The van der Waals surface area contributed by atoms with Crippen molar-refractivity contribution < 1.29 is 0 Å². The Morgan fingerprint density at radius 1 is 1.31 bits per heavy atom. The average molecular weight is 253 g/mol. The molecule has 0 radical (unpaired) electrons. The fourth-order valence-electron chi connectivity index (χ4n) is 3.18. The molecule has 1 nitrogen and oxygen atoms in total. The quantitative estimate of drug-likeness (QED) is 0.762. The predicted octanol–water partition coefficient (Wildman–Crippen LogP) is 3.25. The third-order valence-electron chi connectivity index (χ3n) is 3.70. The topological polar surface area (TPSA) is 12.0 Å². The Hall–Kier alpha value is 0.0100. The molecule has 0 bridgehead atoms. The Bertz CT molecular complexity index is 396. The van der Waals surface area contributed by atoms with E-state index in [1.807, 2.05) is 11.3 Å². The summed E-state index contributed by atoms with van der Waals surface area (Å²) in [5.41, 5.74) is 2.34. The molecule has 1 spiro atoms. The highest BCUT2D eigenvalue weighted by Gasteiger charge is 2.44. The normalized spacial score (nSPS) is 32.6. The van der Waals surface area contributed by atoms with Crippen LogP contribution in [0.3, 0.4) is 0 Å². The van der Waals surface area contributed by atoms with Gasteiger partial charge in [0.05, 0.1) is 5.54 Å². The van der Waals surface area contributed by atoms with E-state index >= 15 is 0 Å². The summed E-state index contributed by atoms with van der Waals surface area (Å²) in [6, 6.07) is 2.36. The lowest BCUT2D eigenvalue weighted by molar-refractivity contribution is 0.217. The van der Waals surface area contributed by atoms with Crippen molar-refractivity contribution in [2.75, 3.05) is 18.1 Å². The van der Waals surface area contributed by atoms with Crippen molar-refractivity contribution >= 4 is 23.1 Å². The number of hydrogen-bond acceptors (Lipinski definition) is 3. The van der Waals surface area contributed by atoms with Gasteiger partial charge in [0.25, 0.3) is 0 Å². The van der Waals surface area contributed by atoms with Crippen molar-refractivity contribution in [3.05, 3.63) is 21.9 Å². The van der Waals surface area contributed by atoms with Crippen LogP contribution < -0.4 is 5.32 Å². The fraction of sp³-hybridized carbons (Fsp3) is 0.692. The summed E-state index contributed by atoms with van der Waals surface area (Å²) in [7, 11) is 0. The maximum absolute atomic E-state index is 3.82. The van der Waals surface area contributed by atoms with Crippen LogP contribution in [0.15, 0.2) is 11.4 Å². The molecule has 2 aliphatic rings. The molecule has 88 valence electrons. The number of thiophene rings is 1. The standard InChI is InChI=1S/C13H19NS2/c1-12(2)7-13(9-15-8-12)10-4-6-16-11(10)3-5-14-13/h4,6,14H,3,5,7-9H2,1-2H3. The summed E-state index contributed by atoms with van der Waals surface area (Å²) in [5, 5.41) is 6.09. The minimum atomic E-state index is 0.278. The van der Waals surface area contributed by atoms with Gasteiger partial charge in [0.15, 0.2) is 0 Å². The van der Waals surface area contributed by atoms with E-state index in [1.54, 1.807) is 10.4 Å². The van der Waals surface area contributed by atoms with E-state index in [4.69, 9.17) is 0 Å². The zero-order valence-corrected chi connectivity index (χ0v) is 11.6. The second-order valence-electron chi connectivity index (χ2n) is 5.85. The molecule has 0 aromatic carbocycles. The van der Waals surface area contributed by atoms with Gasteiger partial charge in [0.2, 0.25) is 0 Å². The van der Waals surface area contributed by atoms with E-state index in [-0.39, 0.29) is 5.54 Å². The molecular weight excluding hydrogens is 234 g/mol. The lowest BCUT2D eigenvalue weighted by Crippen LogP contribution is -2.53. The number of thioether (sulfide) groups is 1. The SMILES string of the molecule is CC1(C)CSCC2(C1)NCCc1sccc12. The van der Waals surface area contributed by atoms with Crippen molar-refractivity contribution in [1.29, 1.82) is 0 Å². The number of fused-ring (bicyclic) bond motifs is 2. The minimum Gasteiger partial charge on any atom is -0.306 e. The van der Waals surface area contributed by atoms with Crippen LogP contribution in [0.4, 0.5) is 0 Å². The van der Waals surface area contributed by atoms with Gasteiger partial charge in [-0.05, 0) is 41.0 Å². The molecule has 1 saturated heterocycles. The molecule has 1 atom stereocenters. The Labute approximate surface area is 106 Å². The molecule has 16 heavy (non-hydrogen) atoms. The first-order valence-electron chi connectivity index (χ1n) is 6.01. The molecule has 1 fully saturated rings. The van der Waals surface area contributed by atoms with Gasteiger partial charge in [-0.3, -0.25) is 0 Å². The lowest BCUT2D eigenvalue weighted by atomic mass is 9.75. The molecule has 1 N–H and O–H groups in total.